The molecular weight excluding hydrogens is 492 g/mol. The van der Waals surface area contributed by atoms with Crippen molar-refractivity contribution in [2.75, 3.05) is 6.61 Å². The molecule has 0 aromatic heterocycles. The van der Waals surface area contributed by atoms with Crippen LogP contribution in [0.15, 0.2) is 83.5 Å². The van der Waals surface area contributed by atoms with Gasteiger partial charge in [-0.15, -0.1) is 0 Å². The van der Waals surface area contributed by atoms with E-state index < -0.39 is 8.32 Å². The van der Waals surface area contributed by atoms with Gasteiger partial charge in [-0.05, 0) is 93.1 Å². The standard InChI is InChI=1S/C36H50O2Si/c1-27-21-22-35(8)32(29(27)3)20-19-28(2)36(35)24-23-34(7,38-36)25-26-37-39(33(4,5)6,30-15-11-9-12-16-30)31-17-13-10-14-18-31/h9-19,32H,20-26H2,1-8H3/t32-,34-,35-,36+/m0/s1. The molecule has 0 saturated carbocycles. The largest absolute Gasteiger partial charge is 0.407 e. The first kappa shape index (κ1) is 28.6. The van der Waals surface area contributed by atoms with E-state index in [4.69, 9.17) is 9.16 Å². The van der Waals surface area contributed by atoms with Crippen molar-refractivity contribution in [2.45, 2.75) is 110 Å². The van der Waals surface area contributed by atoms with E-state index >= 15 is 0 Å². The first-order chi connectivity index (χ1) is 18.4. The second-order valence-electron chi connectivity index (χ2n) is 14.2. The Kier molecular flexibility index (Phi) is 7.44. The highest BCUT2D eigenvalue weighted by molar-refractivity contribution is 6.99. The molecule has 39 heavy (non-hydrogen) atoms. The maximum atomic E-state index is 7.40. The molecule has 0 N–H and O–H groups in total. The van der Waals surface area contributed by atoms with Crippen molar-refractivity contribution >= 4 is 18.7 Å². The van der Waals surface area contributed by atoms with E-state index in [1.807, 2.05) is 0 Å². The fourth-order valence-electron chi connectivity index (χ4n) is 8.42. The van der Waals surface area contributed by atoms with Gasteiger partial charge in [0.15, 0.2) is 0 Å². The van der Waals surface area contributed by atoms with Crippen LogP contribution in [-0.4, -0.2) is 26.1 Å². The van der Waals surface area contributed by atoms with E-state index in [9.17, 15) is 0 Å². The van der Waals surface area contributed by atoms with Gasteiger partial charge in [0.25, 0.3) is 8.32 Å². The number of ether oxygens (including phenoxy) is 1. The van der Waals surface area contributed by atoms with E-state index in [1.165, 1.54) is 28.8 Å². The Hall–Kier alpha value is -1.94. The maximum Gasteiger partial charge on any atom is 0.261 e. The van der Waals surface area contributed by atoms with E-state index in [0.717, 1.165) is 25.7 Å². The van der Waals surface area contributed by atoms with Crippen molar-refractivity contribution in [3.05, 3.63) is 83.5 Å². The molecule has 5 rings (SSSR count). The molecule has 0 amide bonds. The molecule has 1 saturated heterocycles. The average Bonchev–Trinajstić information content (AvgIpc) is 3.27. The van der Waals surface area contributed by atoms with Gasteiger partial charge in [0.05, 0.1) is 11.2 Å². The summed E-state index contributed by atoms with van der Waals surface area (Å²) in [5.74, 6) is 0.589. The zero-order valence-electron chi connectivity index (χ0n) is 25.7. The number of rotatable bonds is 6. The number of allylic oxidation sites excluding steroid dienone is 3. The third-order valence-corrected chi connectivity index (χ3v) is 16.0. The van der Waals surface area contributed by atoms with Gasteiger partial charge < -0.3 is 9.16 Å². The first-order valence-corrected chi connectivity index (χ1v) is 17.1. The monoisotopic (exact) mass is 542 g/mol. The fourth-order valence-corrected chi connectivity index (χ4v) is 13.0. The molecule has 1 aliphatic heterocycles. The Bertz CT molecular complexity index is 1200. The van der Waals surface area contributed by atoms with Crippen molar-refractivity contribution < 1.29 is 9.16 Å². The SMILES string of the molecule is CC1=CC[C@H]2C(C)=C(C)CC[C@]2(C)[C@@]12CC[C@@](C)(CCO[Si](c1ccccc1)(c1ccccc1)C(C)(C)C)O2. The summed E-state index contributed by atoms with van der Waals surface area (Å²) < 4.78 is 14.7. The molecule has 0 unspecified atom stereocenters. The van der Waals surface area contributed by atoms with E-state index in [2.05, 4.69) is 122 Å². The van der Waals surface area contributed by atoms with Crippen molar-refractivity contribution in [1.82, 2.24) is 0 Å². The molecule has 210 valence electrons. The predicted molar refractivity (Wildman–Crippen MR) is 167 cm³/mol. The minimum absolute atomic E-state index is 0.0123. The van der Waals surface area contributed by atoms with Crippen LogP contribution in [0.3, 0.4) is 0 Å². The number of hydrogen-bond donors (Lipinski definition) is 0. The maximum absolute atomic E-state index is 7.40. The second kappa shape index (κ2) is 10.2. The number of benzene rings is 2. The summed E-state index contributed by atoms with van der Waals surface area (Å²) in [5, 5.41) is 2.68. The van der Waals surface area contributed by atoms with Crippen molar-refractivity contribution in [3.63, 3.8) is 0 Å². The van der Waals surface area contributed by atoms with Gasteiger partial charge in [-0.2, -0.15) is 0 Å². The lowest BCUT2D eigenvalue weighted by Gasteiger charge is -2.57. The highest BCUT2D eigenvalue weighted by Gasteiger charge is 2.62. The van der Waals surface area contributed by atoms with E-state index in [0.29, 0.717) is 12.5 Å². The van der Waals surface area contributed by atoms with E-state index in [-0.39, 0.29) is 21.7 Å². The van der Waals surface area contributed by atoms with Crippen LogP contribution in [0.25, 0.3) is 0 Å². The molecule has 3 heteroatoms. The lowest BCUT2D eigenvalue weighted by Crippen LogP contribution is -2.66. The van der Waals surface area contributed by atoms with Gasteiger partial charge in [-0.25, -0.2) is 0 Å². The zero-order valence-corrected chi connectivity index (χ0v) is 26.7. The molecule has 3 aliphatic rings. The Morgan fingerprint density at radius 1 is 0.872 bits per heavy atom. The average molecular weight is 543 g/mol. The van der Waals surface area contributed by atoms with Gasteiger partial charge in [0.1, 0.15) is 0 Å². The summed E-state index contributed by atoms with van der Waals surface area (Å²) >= 11 is 0. The van der Waals surface area contributed by atoms with E-state index in [1.54, 1.807) is 11.1 Å². The van der Waals surface area contributed by atoms with Crippen LogP contribution >= 0.6 is 0 Å². The summed E-state index contributed by atoms with van der Waals surface area (Å²) in [5.41, 5.74) is 4.48. The molecule has 2 nitrogen and oxygen atoms in total. The molecule has 1 fully saturated rings. The lowest BCUT2D eigenvalue weighted by atomic mass is 9.52. The molecule has 1 spiro atoms. The van der Waals surface area contributed by atoms with Crippen LogP contribution in [0, 0.1) is 11.3 Å². The van der Waals surface area contributed by atoms with Crippen molar-refractivity contribution in [1.29, 1.82) is 0 Å². The van der Waals surface area contributed by atoms with Crippen LogP contribution < -0.4 is 10.4 Å². The van der Waals surface area contributed by atoms with Gasteiger partial charge in [0, 0.05) is 12.0 Å². The van der Waals surface area contributed by atoms with Crippen LogP contribution in [0.1, 0.15) is 93.9 Å². The third kappa shape index (κ3) is 4.53. The van der Waals surface area contributed by atoms with Crippen LogP contribution in [0.4, 0.5) is 0 Å². The Morgan fingerprint density at radius 3 is 2.03 bits per heavy atom. The molecule has 0 bridgehead atoms. The number of hydrogen-bond acceptors (Lipinski definition) is 2. The van der Waals surface area contributed by atoms with Gasteiger partial charge >= 0.3 is 0 Å². The van der Waals surface area contributed by atoms with Crippen molar-refractivity contribution in [3.8, 4) is 0 Å². The minimum Gasteiger partial charge on any atom is -0.407 e. The van der Waals surface area contributed by atoms with Crippen LogP contribution in [0.2, 0.25) is 5.04 Å². The molecule has 4 atom stereocenters. The molecule has 2 aromatic rings. The molecule has 2 aliphatic carbocycles. The highest BCUT2D eigenvalue weighted by Crippen LogP contribution is 2.63. The minimum atomic E-state index is -2.55. The summed E-state index contributed by atoms with van der Waals surface area (Å²) in [6.07, 6.45) is 9.20. The topological polar surface area (TPSA) is 18.5 Å². The van der Waals surface area contributed by atoms with Gasteiger partial charge in [0.2, 0.25) is 0 Å². The number of fused-ring (bicyclic) bond motifs is 2. The second-order valence-corrected chi connectivity index (χ2v) is 18.5. The summed E-state index contributed by atoms with van der Waals surface area (Å²) in [7, 11) is -2.55. The van der Waals surface area contributed by atoms with Gasteiger partial charge in [-0.3, -0.25) is 0 Å². The highest BCUT2D eigenvalue weighted by atomic mass is 28.4. The van der Waals surface area contributed by atoms with Crippen molar-refractivity contribution in [2.24, 2.45) is 11.3 Å². The summed E-state index contributed by atoms with van der Waals surface area (Å²) in [6.45, 7) is 19.7. The van der Waals surface area contributed by atoms with Crippen LogP contribution in [-0.2, 0) is 9.16 Å². The Morgan fingerprint density at radius 2 is 1.46 bits per heavy atom. The summed E-state index contributed by atoms with van der Waals surface area (Å²) in [4.78, 5) is 0. The summed E-state index contributed by atoms with van der Waals surface area (Å²) in [6, 6.07) is 22.0. The van der Waals surface area contributed by atoms with Gasteiger partial charge in [-0.1, -0.05) is 106 Å². The Labute approximate surface area is 239 Å². The molecule has 2 aromatic carbocycles. The lowest BCUT2D eigenvalue weighted by molar-refractivity contribution is -0.162. The quantitative estimate of drug-likeness (QED) is 0.270. The first-order valence-electron chi connectivity index (χ1n) is 15.2. The Balaban J connectivity index is 1.43. The molecule has 0 radical (unpaired) electrons. The van der Waals surface area contributed by atoms with Crippen LogP contribution in [0.5, 0.6) is 0 Å². The predicted octanol–water partition coefficient (Wildman–Crippen LogP) is 8.36. The fraction of sp³-hybridized carbons (Fsp3) is 0.556. The normalized spacial score (nSPS) is 31.4. The molecular formula is C36H50O2Si. The third-order valence-electron chi connectivity index (χ3n) is 11.0. The molecule has 1 heterocycles. The smallest absolute Gasteiger partial charge is 0.261 e. The zero-order chi connectivity index (χ0) is 28.1.